The van der Waals surface area contributed by atoms with Crippen molar-refractivity contribution in [3.05, 3.63) is 36.0 Å². The number of benzene rings is 1. The first-order valence-electron chi connectivity index (χ1n) is 10.7. The van der Waals surface area contributed by atoms with Gasteiger partial charge in [0.1, 0.15) is 12.1 Å². The SMILES string of the molecule is CCC(C)C(NC(=O)CNC(=O)C(N)Cc1c[nH]c2ccccc12)C(=O)NC(CS)C(=O)O. The summed E-state index contributed by atoms with van der Waals surface area (Å²) in [7, 11) is 0. The third-order valence-corrected chi connectivity index (χ3v) is 5.85. The summed E-state index contributed by atoms with van der Waals surface area (Å²) in [4.78, 5) is 51.6. The quantitative estimate of drug-likeness (QED) is 0.215. The van der Waals surface area contributed by atoms with Gasteiger partial charge in [0.25, 0.3) is 0 Å². The summed E-state index contributed by atoms with van der Waals surface area (Å²) in [6.45, 7) is 3.24. The maximum Gasteiger partial charge on any atom is 0.327 e. The average Bonchev–Trinajstić information content (AvgIpc) is 3.21. The molecule has 0 aliphatic carbocycles. The fourth-order valence-electron chi connectivity index (χ4n) is 3.30. The number of carboxylic acids is 1. The number of carboxylic acid groups (broad SMARTS) is 1. The molecular formula is C22H31N5O5S. The van der Waals surface area contributed by atoms with E-state index in [1.54, 1.807) is 13.1 Å². The van der Waals surface area contributed by atoms with E-state index in [0.717, 1.165) is 16.5 Å². The summed E-state index contributed by atoms with van der Waals surface area (Å²) < 4.78 is 0. The molecule has 7 N–H and O–H groups in total. The highest BCUT2D eigenvalue weighted by Crippen LogP contribution is 2.18. The second kappa shape index (κ2) is 12.3. The smallest absolute Gasteiger partial charge is 0.327 e. The van der Waals surface area contributed by atoms with Crippen LogP contribution < -0.4 is 21.7 Å². The van der Waals surface area contributed by atoms with Crippen molar-refractivity contribution in [1.82, 2.24) is 20.9 Å². The van der Waals surface area contributed by atoms with E-state index >= 15 is 0 Å². The van der Waals surface area contributed by atoms with Gasteiger partial charge in [0.15, 0.2) is 0 Å². The molecule has 4 atom stereocenters. The van der Waals surface area contributed by atoms with Gasteiger partial charge >= 0.3 is 5.97 Å². The Bertz CT molecular complexity index is 994. The first kappa shape index (κ1) is 26.2. The number of nitrogens with two attached hydrogens (primary N) is 1. The number of para-hydroxylation sites is 1. The molecule has 1 heterocycles. The zero-order valence-corrected chi connectivity index (χ0v) is 19.5. The van der Waals surface area contributed by atoms with E-state index in [2.05, 4.69) is 33.6 Å². The zero-order valence-electron chi connectivity index (χ0n) is 18.6. The van der Waals surface area contributed by atoms with Gasteiger partial charge in [-0.2, -0.15) is 12.6 Å². The van der Waals surface area contributed by atoms with Crippen LogP contribution in [0.2, 0.25) is 0 Å². The first-order chi connectivity index (χ1) is 15.7. The number of amides is 3. The number of aliphatic carboxylic acids is 1. The lowest BCUT2D eigenvalue weighted by Gasteiger charge is -2.25. The minimum absolute atomic E-state index is 0.0907. The number of thiol groups is 1. The van der Waals surface area contributed by atoms with Gasteiger partial charge in [0.05, 0.1) is 12.6 Å². The van der Waals surface area contributed by atoms with E-state index in [1.165, 1.54) is 0 Å². The zero-order chi connectivity index (χ0) is 24.5. The van der Waals surface area contributed by atoms with Crippen molar-refractivity contribution in [3.63, 3.8) is 0 Å². The molecule has 0 fully saturated rings. The summed E-state index contributed by atoms with van der Waals surface area (Å²) in [5.74, 6) is -3.28. The number of H-pyrrole nitrogens is 1. The predicted molar refractivity (Wildman–Crippen MR) is 128 cm³/mol. The molecule has 0 saturated carbocycles. The molecule has 33 heavy (non-hydrogen) atoms. The van der Waals surface area contributed by atoms with Gasteiger partial charge in [0, 0.05) is 22.9 Å². The Balaban J connectivity index is 1.91. The van der Waals surface area contributed by atoms with Crippen molar-refractivity contribution in [1.29, 1.82) is 0 Å². The molecule has 1 aromatic carbocycles. The highest BCUT2D eigenvalue weighted by Gasteiger charge is 2.29. The number of nitrogens with one attached hydrogen (secondary N) is 4. The van der Waals surface area contributed by atoms with Crippen molar-refractivity contribution in [2.45, 2.75) is 44.8 Å². The molecule has 10 nitrogen and oxygen atoms in total. The number of hydrogen-bond acceptors (Lipinski definition) is 6. The Morgan fingerprint density at radius 2 is 1.85 bits per heavy atom. The van der Waals surface area contributed by atoms with Crippen LogP contribution in [0.3, 0.4) is 0 Å². The lowest BCUT2D eigenvalue weighted by molar-refractivity contribution is -0.141. The molecule has 2 aromatic rings. The Kier molecular flexibility index (Phi) is 9.74. The Morgan fingerprint density at radius 3 is 2.48 bits per heavy atom. The van der Waals surface area contributed by atoms with Gasteiger partial charge in [-0.3, -0.25) is 14.4 Å². The molecule has 3 amide bonds. The van der Waals surface area contributed by atoms with Crippen LogP contribution >= 0.6 is 12.6 Å². The molecule has 180 valence electrons. The molecule has 0 spiro atoms. The third-order valence-electron chi connectivity index (χ3n) is 5.48. The van der Waals surface area contributed by atoms with E-state index in [9.17, 15) is 19.2 Å². The van der Waals surface area contributed by atoms with Crippen LogP contribution in [0.5, 0.6) is 0 Å². The Hall–Kier alpha value is -3.05. The van der Waals surface area contributed by atoms with E-state index < -0.39 is 41.8 Å². The molecule has 1 aromatic heterocycles. The van der Waals surface area contributed by atoms with Gasteiger partial charge in [-0.05, 0) is 24.0 Å². The Labute approximate surface area is 197 Å². The van der Waals surface area contributed by atoms with E-state index in [0.29, 0.717) is 6.42 Å². The molecule has 11 heteroatoms. The number of carbonyl (C=O) groups is 4. The van der Waals surface area contributed by atoms with Crippen LogP contribution in [0.15, 0.2) is 30.5 Å². The third kappa shape index (κ3) is 7.22. The van der Waals surface area contributed by atoms with Crippen molar-refractivity contribution < 1.29 is 24.3 Å². The van der Waals surface area contributed by atoms with Gasteiger partial charge in [0.2, 0.25) is 17.7 Å². The topological polar surface area (TPSA) is 166 Å². The predicted octanol–water partition coefficient (Wildman–Crippen LogP) is 0.184. The summed E-state index contributed by atoms with van der Waals surface area (Å²) in [6.07, 6.45) is 2.66. The van der Waals surface area contributed by atoms with E-state index in [-0.39, 0.29) is 24.6 Å². The molecule has 2 rings (SSSR count). The fourth-order valence-corrected chi connectivity index (χ4v) is 3.55. The van der Waals surface area contributed by atoms with Gasteiger partial charge in [-0.1, -0.05) is 38.5 Å². The van der Waals surface area contributed by atoms with Crippen LogP contribution in [0, 0.1) is 5.92 Å². The number of hydrogen-bond donors (Lipinski definition) is 7. The van der Waals surface area contributed by atoms with Crippen LogP contribution in [-0.4, -0.2) is 64.2 Å². The highest BCUT2D eigenvalue weighted by molar-refractivity contribution is 7.80. The summed E-state index contributed by atoms with van der Waals surface area (Å²) in [5, 5.41) is 17.5. The van der Waals surface area contributed by atoms with Crippen LogP contribution in [0.25, 0.3) is 10.9 Å². The largest absolute Gasteiger partial charge is 0.480 e. The van der Waals surface area contributed by atoms with Gasteiger partial charge < -0.3 is 31.8 Å². The van der Waals surface area contributed by atoms with Gasteiger partial charge in [-0.25, -0.2) is 4.79 Å². The van der Waals surface area contributed by atoms with Crippen molar-refractivity contribution in [2.24, 2.45) is 11.7 Å². The number of aromatic nitrogens is 1. The van der Waals surface area contributed by atoms with E-state index in [1.807, 2.05) is 31.2 Å². The summed E-state index contributed by atoms with van der Waals surface area (Å²) >= 11 is 3.92. The molecule has 0 radical (unpaired) electrons. The second-order valence-electron chi connectivity index (χ2n) is 7.90. The average molecular weight is 478 g/mol. The van der Waals surface area contributed by atoms with Crippen molar-refractivity contribution in [3.8, 4) is 0 Å². The number of rotatable bonds is 12. The van der Waals surface area contributed by atoms with Gasteiger partial charge in [-0.15, -0.1) is 0 Å². The maximum absolute atomic E-state index is 12.6. The molecular weight excluding hydrogens is 446 g/mol. The maximum atomic E-state index is 12.6. The molecule has 4 unspecified atom stereocenters. The summed E-state index contributed by atoms with van der Waals surface area (Å²) in [6, 6.07) is 4.66. The first-order valence-corrected chi connectivity index (χ1v) is 11.3. The van der Waals surface area contributed by atoms with Crippen LogP contribution in [-0.2, 0) is 25.6 Å². The van der Waals surface area contributed by atoms with Crippen molar-refractivity contribution in [2.75, 3.05) is 12.3 Å². The minimum atomic E-state index is -1.22. The fraction of sp³-hybridized carbons (Fsp3) is 0.455. The number of aromatic amines is 1. The minimum Gasteiger partial charge on any atom is -0.480 e. The molecule has 0 saturated heterocycles. The lowest BCUT2D eigenvalue weighted by atomic mass is 9.98. The lowest BCUT2D eigenvalue weighted by Crippen LogP contribution is -2.56. The normalized spacial score (nSPS) is 14.7. The van der Waals surface area contributed by atoms with Crippen molar-refractivity contribution >= 4 is 47.2 Å². The number of carbonyl (C=O) groups excluding carboxylic acids is 3. The van der Waals surface area contributed by atoms with Crippen LogP contribution in [0.1, 0.15) is 25.8 Å². The molecule has 0 bridgehead atoms. The molecule has 0 aliphatic rings. The Morgan fingerprint density at radius 1 is 1.15 bits per heavy atom. The highest BCUT2D eigenvalue weighted by atomic mass is 32.1. The number of fused-ring (bicyclic) bond motifs is 1. The monoisotopic (exact) mass is 477 g/mol. The van der Waals surface area contributed by atoms with E-state index in [4.69, 9.17) is 10.8 Å². The second-order valence-corrected chi connectivity index (χ2v) is 8.27. The summed E-state index contributed by atoms with van der Waals surface area (Å²) in [5.41, 5.74) is 7.85. The van der Waals surface area contributed by atoms with Crippen LogP contribution in [0.4, 0.5) is 0 Å². The molecule has 0 aliphatic heterocycles. The standard InChI is InChI=1S/C22H31N5O5S/c1-3-12(2)19(21(30)26-17(11-33)22(31)32)27-18(28)10-25-20(29)15(23)8-13-9-24-16-7-5-4-6-14(13)16/h4-7,9,12,15,17,19,24,33H,3,8,10-11,23H2,1-2H3,(H,25,29)(H,26,30)(H,27,28)(H,31,32).